The average Bonchev–Trinajstić information content (AvgIpc) is 3.13. The standard InChI is InChI=1S/C24H32N6O2/c1-17-6-5-7-20(14-17)22(31)15-26-24(27-16-23-29-28-18(2)30(23)3)25-13-12-19-8-10-21(32-4)11-9-19/h5-11,14,22,31H,12-13,15-16H2,1-4H3,(H2,25,26,27). The van der Waals surface area contributed by atoms with E-state index in [1.807, 2.05) is 61.9 Å². The maximum atomic E-state index is 10.6. The van der Waals surface area contributed by atoms with Crippen molar-refractivity contribution in [2.24, 2.45) is 12.0 Å². The van der Waals surface area contributed by atoms with Crippen LogP contribution in [0.1, 0.15) is 34.4 Å². The van der Waals surface area contributed by atoms with E-state index in [2.05, 4.69) is 38.0 Å². The third-order valence-electron chi connectivity index (χ3n) is 5.32. The van der Waals surface area contributed by atoms with E-state index in [0.717, 1.165) is 34.9 Å². The molecule has 0 aliphatic rings. The minimum atomic E-state index is -0.638. The Labute approximate surface area is 189 Å². The van der Waals surface area contributed by atoms with Crippen molar-refractivity contribution in [1.29, 1.82) is 0 Å². The van der Waals surface area contributed by atoms with Crippen molar-refractivity contribution in [3.05, 3.63) is 76.9 Å². The van der Waals surface area contributed by atoms with Crippen molar-refractivity contribution in [2.75, 3.05) is 20.2 Å². The number of nitrogens with one attached hydrogen (secondary N) is 2. The van der Waals surface area contributed by atoms with Crippen LogP contribution in [-0.2, 0) is 20.0 Å². The maximum Gasteiger partial charge on any atom is 0.191 e. The van der Waals surface area contributed by atoms with E-state index in [1.165, 1.54) is 5.56 Å². The predicted molar refractivity (Wildman–Crippen MR) is 126 cm³/mol. The van der Waals surface area contributed by atoms with E-state index >= 15 is 0 Å². The van der Waals surface area contributed by atoms with Gasteiger partial charge in [0.2, 0.25) is 0 Å². The molecule has 0 bridgehead atoms. The molecule has 0 aliphatic heterocycles. The van der Waals surface area contributed by atoms with Crippen molar-refractivity contribution in [2.45, 2.75) is 32.9 Å². The van der Waals surface area contributed by atoms with Gasteiger partial charge in [0.05, 0.1) is 13.2 Å². The molecule has 0 aliphatic carbocycles. The van der Waals surface area contributed by atoms with Crippen molar-refractivity contribution in [1.82, 2.24) is 25.4 Å². The van der Waals surface area contributed by atoms with E-state index < -0.39 is 6.10 Å². The van der Waals surface area contributed by atoms with Gasteiger partial charge in [-0.1, -0.05) is 42.0 Å². The number of aliphatic imine (C=N–C) groups is 1. The third-order valence-corrected chi connectivity index (χ3v) is 5.32. The number of hydrogen-bond acceptors (Lipinski definition) is 5. The Hall–Kier alpha value is -3.39. The Morgan fingerprint density at radius 2 is 1.91 bits per heavy atom. The zero-order chi connectivity index (χ0) is 22.9. The van der Waals surface area contributed by atoms with E-state index in [1.54, 1.807) is 7.11 Å². The summed E-state index contributed by atoms with van der Waals surface area (Å²) in [6.45, 7) is 5.34. The van der Waals surface area contributed by atoms with Gasteiger partial charge in [0.1, 0.15) is 18.1 Å². The lowest BCUT2D eigenvalue weighted by molar-refractivity contribution is 0.180. The molecule has 3 rings (SSSR count). The topological polar surface area (TPSA) is 96.6 Å². The number of aliphatic hydroxyl groups is 1. The maximum absolute atomic E-state index is 10.6. The summed E-state index contributed by atoms with van der Waals surface area (Å²) in [4.78, 5) is 4.65. The molecule has 1 aromatic heterocycles. The molecular weight excluding hydrogens is 404 g/mol. The first-order chi connectivity index (χ1) is 15.5. The molecule has 1 unspecified atom stereocenters. The van der Waals surface area contributed by atoms with Crippen LogP contribution in [-0.4, -0.2) is 46.0 Å². The number of aryl methyl sites for hydroxylation is 2. The number of methoxy groups -OCH3 is 1. The van der Waals surface area contributed by atoms with Crippen molar-refractivity contribution in [3.63, 3.8) is 0 Å². The second-order valence-electron chi connectivity index (χ2n) is 7.72. The third kappa shape index (κ3) is 6.55. The van der Waals surface area contributed by atoms with Gasteiger partial charge in [-0.05, 0) is 43.5 Å². The van der Waals surface area contributed by atoms with E-state index in [9.17, 15) is 5.11 Å². The van der Waals surface area contributed by atoms with Crippen molar-refractivity contribution in [3.8, 4) is 5.75 Å². The fraction of sp³-hybridized carbons (Fsp3) is 0.375. The molecule has 8 nitrogen and oxygen atoms in total. The van der Waals surface area contributed by atoms with E-state index in [-0.39, 0.29) is 0 Å². The number of benzene rings is 2. The Bertz CT molecular complexity index is 1030. The first-order valence-electron chi connectivity index (χ1n) is 10.7. The first kappa shape index (κ1) is 23.3. The van der Waals surface area contributed by atoms with Crippen LogP contribution < -0.4 is 15.4 Å². The summed E-state index contributed by atoms with van der Waals surface area (Å²) in [6.07, 6.45) is 0.189. The quantitative estimate of drug-likeness (QED) is 0.352. The highest BCUT2D eigenvalue weighted by Crippen LogP contribution is 2.13. The molecule has 3 N–H and O–H groups in total. The molecule has 0 fully saturated rings. The van der Waals surface area contributed by atoms with Crippen LogP contribution in [0.25, 0.3) is 0 Å². The molecule has 8 heteroatoms. The van der Waals surface area contributed by atoms with E-state index in [4.69, 9.17) is 4.74 Å². The highest BCUT2D eigenvalue weighted by atomic mass is 16.5. The van der Waals surface area contributed by atoms with Gasteiger partial charge in [-0.15, -0.1) is 10.2 Å². The largest absolute Gasteiger partial charge is 0.497 e. The van der Waals surface area contributed by atoms with Gasteiger partial charge in [0.15, 0.2) is 11.8 Å². The average molecular weight is 437 g/mol. The van der Waals surface area contributed by atoms with Gasteiger partial charge < -0.3 is 25.0 Å². The monoisotopic (exact) mass is 436 g/mol. The Kier molecular flexibility index (Phi) is 8.21. The van der Waals surface area contributed by atoms with Crippen LogP contribution in [0.3, 0.4) is 0 Å². The fourth-order valence-electron chi connectivity index (χ4n) is 3.22. The second kappa shape index (κ2) is 11.3. The highest BCUT2D eigenvalue weighted by Gasteiger charge is 2.10. The van der Waals surface area contributed by atoms with Gasteiger partial charge in [-0.3, -0.25) is 0 Å². The number of rotatable bonds is 9. The zero-order valence-corrected chi connectivity index (χ0v) is 19.2. The summed E-state index contributed by atoms with van der Waals surface area (Å²) < 4.78 is 7.13. The SMILES string of the molecule is COc1ccc(CCNC(=NCc2nnc(C)n2C)NCC(O)c2cccc(C)c2)cc1. The van der Waals surface area contributed by atoms with Crippen LogP contribution >= 0.6 is 0 Å². The van der Waals surface area contributed by atoms with Gasteiger partial charge in [0.25, 0.3) is 0 Å². The molecule has 170 valence electrons. The number of ether oxygens (including phenoxy) is 1. The van der Waals surface area contributed by atoms with Gasteiger partial charge in [-0.2, -0.15) is 0 Å². The molecule has 0 amide bonds. The predicted octanol–water partition coefficient (Wildman–Crippen LogP) is 2.45. The van der Waals surface area contributed by atoms with Gasteiger partial charge in [-0.25, -0.2) is 4.99 Å². The van der Waals surface area contributed by atoms with Crippen LogP contribution in [0.2, 0.25) is 0 Å². The fourth-order valence-corrected chi connectivity index (χ4v) is 3.22. The molecule has 0 saturated heterocycles. The molecule has 0 spiro atoms. The van der Waals surface area contributed by atoms with Crippen molar-refractivity contribution < 1.29 is 9.84 Å². The molecule has 0 saturated carbocycles. The molecule has 1 atom stereocenters. The number of aromatic nitrogens is 3. The summed E-state index contributed by atoms with van der Waals surface area (Å²) in [5, 5.41) is 25.5. The molecular formula is C24H32N6O2. The molecule has 1 heterocycles. The molecule has 3 aromatic rings. The zero-order valence-electron chi connectivity index (χ0n) is 19.2. The summed E-state index contributed by atoms with van der Waals surface area (Å²) in [5.74, 6) is 3.07. The number of hydrogen-bond donors (Lipinski definition) is 3. The number of nitrogens with zero attached hydrogens (tertiary/aromatic N) is 4. The van der Waals surface area contributed by atoms with Crippen LogP contribution in [0, 0.1) is 13.8 Å². The summed E-state index contributed by atoms with van der Waals surface area (Å²) in [5.41, 5.74) is 3.19. The van der Waals surface area contributed by atoms with Crippen molar-refractivity contribution >= 4 is 5.96 Å². The van der Waals surface area contributed by atoms with Crippen LogP contribution in [0.5, 0.6) is 5.75 Å². The molecule has 32 heavy (non-hydrogen) atoms. The lowest BCUT2D eigenvalue weighted by atomic mass is 10.1. The Morgan fingerprint density at radius 3 is 2.56 bits per heavy atom. The number of aliphatic hydroxyl groups excluding tert-OH is 1. The first-order valence-corrected chi connectivity index (χ1v) is 10.7. The van der Waals surface area contributed by atoms with E-state index in [0.29, 0.717) is 25.6 Å². The van der Waals surface area contributed by atoms with Gasteiger partial charge >= 0.3 is 0 Å². The van der Waals surface area contributed by atoms with Gasteiger partial charge in [0, 0.05) is 20.1 Å². The highest BCUT2D eigenvalue weighted by molar-refractivity contribution is 5.79. The summed E-state index contributed by atoms with van der Waals surface area (Å²) in [7, 11) is 3.58. The lowest BCUT2D eigenvalue weighted by Crippen LogP contribution is -2.40. The van der Waals surface area contributed by atoms with Crippen LogP contribution in [0.15, 0.2) is 53.5 Å². The number of guanidine groups is 1. The minimum Gasteiger partial charge on any atom is -0.497 e. The second-order valence-corrected chi connectivity index (χ2v) is 7.72. The van der Waals surface area contributed by atoms with Crippen LogP contribution in [0.4, 0.5) is 0 Å². The summed E-state index contributed by atoms with van der Waals surface area (Å²) in [6, 6.07) is 15.9. The normalized spacial score (nSPS) is 12.5. The smallest absolute Gasteiger partial charge is 0.191 e. The molecule has 0 radical (unpaired) electrons. The minimum absolute atomic E-state index is 0.343. The lowest BCUT2D eigenvalue weighted by Gasteiger charge is -2.16. The molecule has 2 aromatic carbocycles. The Morgan fingerprint density at radius 1 is 1.12 bits per heavy atom. The Balaban J connectivity index is 1.62. The summed E-state index contributed by atoms with van der Waals surface area (Å²) >= 11 is 0.